The minimum absolute atomic E-state index is 0.136. The van der Waals surface area contributed by atoms with E-state index in [1.54, 1.807) is 13.2 Å². The van der Waals surface area contributed by atoms with Crippen LogP contribution < -0.4 is 15.0 Å². The highest BCUT2D eigenvalue weighted by atomic mass is 16.5. The summed E-state index contributed by atoms with van der Waals surface area (Å²) in [5, 5.41) is 2.96. The number of morpholine rings is 1. The quantitative estimate of drug-likeness (QED) is 0.906. The smallest absolute Gasteiger partial charge is 0.256 e. The molecule has 3 rings (SSSR count). The van der Waals surface area contributed by atoms with E-state index >= 15 is 0 Å². The summed E-state index contributed by atoms with van der Waals surface area (Å²) in [6.45, 7) is 7.82. The summed E-state index contributed by atoms with van der Waals surface area (Å²) in [4.78, 5) is 14.9. The van der Waals surface area contributed by atoms with E-state index in [-0.39, 0.29) is 18.1 Å². The lowest BCUT2D eigenvalue weighted by Gasteiger charge is -2.36. The van der Waals surface area contributed by atoms with E-state index < -0.39 is 0 Å². The summed E-state index contributed by atoms with van der Waals surface area (Å²) in [6, 6.07) is 13.4. The normalized spacial score (nSPS) is 19.9. The van der Waals surface area contributed by atoms with Crippen molar-refractivity contribution in [3.05, 3.63) is 53.6 Å². The molecule has 0 bridgehead atoms. The van der Waals surface area contributed by atoms with Crippen molar-refractivity contribution in [2.24, 2.45) is 0 Å². The fourth-order valence-corrected chi connectivity index (χ4v) is 3.42. The fraction of sp³-hybridized carbons (Fsp3) is 0.381. The predicted octanol–water partition coefficient (Wildman–Crippen LogP) is 3.87. The molecule has 0 radical (unpaired) electrons. The molecular weight excluding hydrogens is 328 g/mol. The first-order valence-corrected chi connectivity index (χ1v) is 8.93. The van der Waals surface area contributed by atoms with Gasteiger partial charge in [0.05, 0.1) is 19.3 Å². The highest BCUT2D eigenvalue weighted by Gasteiger charge is 2.22. The summed E-state index contributed by atoms with van der Waals surface area (Å²) in [5.74, 6) is 0.575. The molecule has 1 saturated heterocycles. The molecule has 2 unspecified atom stereocenters. The van der Waals surface area contributed by atoms with Crippen LogP contribution in [0, 0.1) is 6.92 Å². The molecule has 0 saturated carbocycles. The summed E-state index contributed by atoms with van der Waals surface area (Å²) < 4.78 is 11.1. The number of carbonyl (C=O) groups is 1. The van der Waals surface area contributed by atoms with Gasteiger partial charge in [-0.3, -0.25) is 4.79 Å². The van der Waals surface area contributed by atoms with Gasteiger partial charge in [-0.1, -0.05) is 6.07 Å². The number of methoxy groups -OCH3 is 1. The Morgan fingerprint density at radius 2 is 1.77 bits per heavy atom. The largest absolute Gasteiger partial charge is 0.496 e. The Morgan fingerprint density at radius 3 is 2.38 bits per heavy atom. The molecule has 1 heterocycles. The van der Waals surface area contributed by atoms with Gasteiger partial charge in [0.1, 0.15) is 5.75 Å². The van der Waals surface area contributed by atoms with Crippen LogP contribution in [0.4, 0.5) is 11.4 Å². The summed E-state index contributed by atoms with van der Waals surface area (Å²) >= 11 is 0. The van der Waals surface area contributed by atoms with Crippen molar-refractivity contribution >= 4 is 17.3 Å². The minimum Gasteiger partial charge on any atom is -0.496 e. The number of ether oxygens (including phenoxy) is 2. The third kappa shape index (κ3) is 3.99. The molecule has 138 valence electrons. The molecule has 1 aliphatic rings. The molecule has 2 aromatic rings. The van der Waals surface area contributed by atoms with Crippen LogP contribution in [-0.4, -0.2) is 38.3 Å². The van der Waals surface area contributed by atoms with E-state index in [4.69, 9.17) is 9.47 Å². The average molecular weight is 354 g/mol. The Labute approximate surface area is 154 Å². The zero-order chi connectivity index (χ0) is 18.7. The van der Waals surface area contributed by atoms with Gasteiger partial charge in [0.25, 0.3) is 5.91 Å². The number of rotatable bonds is 4. The lowest BCUT2D eigenvalue weighted by atomic mass is 10.1. The molecule has 0 aromatic heterocycles. The molecule has 5 heteroatoms. The van der Waals surface area contributed by atoms with Crippen LogP contribution in [0.5, 0.6) is 5.75 Å². The van der Waals surface area contributed by atoms with E-state index in [1.807, 2.05) is 43.3 Å². The van der Waals surface area contributed by atoms with E-state index in [0.29, 0.717) is 11.3 Å². The highest BCUT2D eigenvalue weighted by molar-refractivity contribution is 6.05. The van der Waals surface area contributed by atoms with Crippen LogP contribution in [-0.2, 0) is 4.74 Å². The van der Waals surface area contributed by atoms with Crippen LogP contribution in [0.25, 0.3) is 0 Å². The average Bonchev–Trinajstić information content (AvgIpc) is 2.61. The van der Waals surface area contributed by atoms with Crippen molar-refractivity contribution in [2.45, 2.75) is 33.0 Å². The van der Waals surface area contributed by atoms with E-state index in [1.165, 1.54) is 0 Å². The highest BCUT2D eigenvalue weighted by Crippen LogP contribution is 2.24. The third-order valence-corrected chi connectivity index (χ3v) is 4.66. The van der Waals surface area contributed by atoms with Gasteiger partial charge in [0, 0.05) is 35.6 Å². The van der Waals surface area contributed by atoms with Gasteiger partial charge in [0.15, 0.2) is 0 Å². The Balaban J connectivity index is 1.70. The van der Waals surface area contributed by atoms with Gasteiger partial charge in [-0.2, -0.15) is 0 Å². The maximum absolute atomic E-state index is 12.6. The maximum atomic E-state index is 12.6. The van der Waals surface area contributed by atoms with Crippen molar-refractivity contribution in [1.29, 1.82) is 0 Å². The number of carbonyl (C=O) groups excluding carboxylic acids is 1. The molecular formula is C21H26N2O3. The first kappa shape index (κ1) is 18.3. The Bertz CT molecular complexity index is 763. The van der Waals surface area contributed by atoms with Crippen molar-refractivity contribution in [3.8, 4) is 5.75 Å². The van der Waals surface area contributed by atoms with Crippen molar-refractivity contribution in [3.63, 3.8) is 0 Å². The molecule has 0 spiro atoms. The number of anilines is 2. The van der Waals surface area contributed by atoms with Crippen LogP contribution >= 0.6 is 0 Å². The van der Waals surface area contributed by atoms with Crippen LogP contribution in [0.15, 0.2) is 42.5 Å². The van der Waals surface area contributed by atoms with Gasteiger partial charge in [-0.05, 0) is 57.2 Å². The van der Waals surface area contributed by atoms with Crippen LogP contribution in [0.2, 0.25) is 0 Å². The van der Waals surface area contributed by atoms with Gasteiger partial charge in [-0.25, -0.2) is 0 Å². The lowest BCUT2D eigenvalue weighted by molar-refractivity contribution is -0.00521. The standard InChI is InChI=1S/C21H26N2O3/c1-14-12-23(13-15(2)26-14)18-10-8-17(9-11-18)22-21(24)19-6-5-7-20(25-4)16(19)3/h5-11,14-15H,12-13H2,1-4H3,(H,22,24). The molecule has 0 aliphatic carbocycles. The number of hydrogen-bond acceptors (Lipinski definition) is 4. The minimum atomic E-state index is -0.136. The molecule has 2 atom stereocenters. The summed E-state index contributed by atoms with van der Waals surface area (Å²) in [6.07, 6.45) is 0.434. The predicted molar refractivity (Wildman–Crippen MR) is 104 cm³/mol. The number of nitrogens with one attached hydrogen (secondary N) is 1. The SMILES string of the molecule is COc1cccc(C(=O)Nc2ccc(N3CC(C)OC(C)C3)cc2)c1C. The van der Waals surface area contributed by atoms with E-state index in [0.717, 1.165) is 30.0 Å². The zero-order valence-corrected chi connectivity index (χ0v) is 15.8. The summed E-state index contributed by atoms with van der Waals surface area (Å²) in [5.41, 5.74) is 3.36. The zero-order valence-electron chi connectivity index (χ0n) is 15.8. The molecule has 1 N–H and O–H groups in total. The molecule has 26 heavy (non-hydrogen) atoms. The van der Waals surface area contributed by atoms with E-state index in [9.17, 15) is 4.79 Å². The second kappa shape index (κ2) is 7.79. The molecule has 1 fully saturated rings. The second-order valence-electron chi connectivity index (χ2n) is 6.80. The van der Waals surface area contributed by atoms with Crippen LogP contribution in [0.3, 0.4) is 0 Å². The fourth-order valence-electron chi connectivity index (χ4n) is 3.42. The van der Waals surface area contributed by atoms with Crippen molar-refractivity contribution < 1.29 is 14.3 Å². The first-order chi connectivity index (χ1) is 12.5. The number of amides is 1. The second-order valence-corrected chi connectivity index (χ2v) is 6.80. The number of nitrogens with zero attached hydrogens (tertiary/aromatic N) is 1. The third-order valence-electron chi connectivity index (χ3n) is 4.66. The lowest BCUT2D eigenvalue weighted by Crippen LogP contribution is -2.45. The van der Waals surface area contributed by atoms with Gasteiger partial charge in [0.2, 0.25) is 0 Å². The maximum Gasteiger partial charge on any atom is 0.256 e. The monoisotopic (exact) mass is 354 g/mol. The summed E-state index contributed by atoms with van der Waals surface area (Å²) in [7, 11) is 1.61. The first-order valence-electron chi connectivity index (χ1n) is 8.93. The van der Waals surface area contributed by atoms with E-state index in [2.05, 4.69) is 24.1 Å². The molecule has 1 amide bonds. The Morgan fingerprint density at radius 1 is 1.12 bits per heavy atom. The molecule has 5 nitrogen and oxygen atoms in total. The van der Waals surface area contributed by atoms with Gasteiger partial charge < -0.3 is 19.7 Å². The Kier molecular flexibility index (Phi) is 5.47. The molecule has 2 aromatic carbocycles. The number of benzene rings is 2. The van der Waals surface area contributed by atoms with Crippen LogP contribution in [0.1, 0.15) is 29.8 Å². The van der Waals surface area contributed by atoms with Gasteiger partial charge >= 0.3 is 0 Å². The number of hydrogen-bond donors (Lipinski definition) is 1. The van der Waals surface area contributed by atoms with Gasteiger partial charge in [-0.15, -0.1) is 0 Å². The Hall–Kier alpha value is -2.53. The molecule has 1 aliphatic heterocycles. The van der Waals surface area contributed by atoms with Crippen molar-refractivity contribution in [1.82, 2.24) is 0 Å². The van der Waals surface area contributed by atoms with Crippen molar-refractivity contribution in [2.75, 3.05) is 30.4 Å². The topological polar surface area (TPSA) is 50.8 Å².